The summed E-state index contributed by atoms with van der Waals surface area (Å²) in [5.41, 5.74) is 0. The van der Waals surface area contributed by atoms with Gasteiger partial charge in [0.05, 0.1) is 12.2 Å². The van der Waals surface area contributed by atoms with Crippen molar-refractivity contribution < 1.29 is 44.6 Å². The van der Waals surface area contributed by atoms with Gasteiger partial charge in [0.1, 0.15) is 0 Å². The Morgan fingerprint density at radius 1 is 0.600 bits per heavy atom. The summed E-state index contributed by atoms with van der Waals surface area (Å²) in [6.45, 7) is 1.88. The lowest BCUT2D eigenvalue weighted by Crippen LogP contribution is -2.65. The van der Waals surface area contributed by atoms with Gasteiger partial charge in [0.15, 0.2) is 12.2 Å². The van der Waals surface area contributed by atoms with E-state index in [2.05, 4.69) is 9.47 Å². The van der Waals surface area contributed by atoms with E-state index in [1.165, 1.54) is 0 Å². The van der Waals surface area contributed by atoms with Crippen molar-refractivity contribution in [3.05, 3.63) is 0 Å². The average molecular weight is 314 g/mol. The summed E-state index contributed by atoms with van der Waals surface area (Å²) < 4.78 is 115. The highest BCUT2D eigenvalue weighted by Crippen LogP contribution is 2.59. The Labute approximate surface area is 108 Å². The van der Waals surface area contributed by atoms with E-state index in [9.17, 15) is 35.1 Å². The molecular weight excluding hydrogens is 304 g/mol. The van der Waals surface area contributed by atoms with Gasteiger partial charge in [-0.3, -0.25) is 0 Å². The van der Waals surface area contributed by atoms with E-state index in [-0.39, 0.29) is 0 Å². The first kappa shape index (κ1) is 15.7. The van der Waals surface area contributed by atoms with Gasteiger partial charge in [-0.15, -0.1) is 0 Å². The molecule has 0 aliphatic carbocycles. The van der Waals surface area contributed by atoms with Crippen molar-refractivity contribution in [2.45, 2.75) is 62.0 Å². The molecule has 2 nitrogen and oxygen atoms in total. The van der Waals surface area contributed by atoms with Crippen molar-refractivity contribution >= 4 is 0 Å². The van der Waals surface area contributed by atoms with Crippen LogP contribution in [0.2, 0.25) is 0 Å². The molecule has 2 heterocycles. The third-order valence-corrected chi connectivity index (χ3v) is 3.37. The Morgan fingerprint density at radius 3 is 0.950 bits per heavy atom. The molecule has 0 aromatic heterocycles. The molecule has 4 atom stereocenters. The zero-order chi connectivity index (χ0) is 15.7. The van der Waals surface area contributed by atoms with Crippen molar-refractivity contribution in [1.82, 2.24) is 0 Å². The third-order valence-electron chi connectivity index (χ3n) is 3.37. The molecule has 0 bridgehead atoms. The van der Waals surface area contributed by atoms with E-state index in [4.69, 9.17) is 0 Å². The lowest BCUT2D eigenvalue weighted by atomic mass is 9.93. The predicted molar refractivity (Wildman–Crippen MR) is 48.5 cm³/mol. The molecule has 2 fully saturated rings. The Morgan fingerprint density at radius 2 is 0.800 bits per heavy atom. The number of hydrogen-bond acceptors (Lipinski definition) is 2. The number of hydrogen-bond donors (Lipinski definition) is 0. The fourth-order valence-corrected chi connectivity index (χ4v) is 1.91. The van der Waals surface area contributed by atoms with E-state index in [1.807, 2.05) is 0 Å². The molecule has 0 spiro atoms. The third kappa shape index (κ3) is 1.83. The lowest BCUT2D eigenvalue weighted by molar-refractivity contribution is -0.371. The number of ether oxygens (including phenoxy) is 2. The van der Waals surface area contributed by atoms with Crippen LogP contribution < -0.4 is 0 Å². The number of alkyl halides is 8. The topological polar surface area (TPSA) is 25.1 Å². The van der Waals surface area contributed by atoms with Crippen LogP contribution in [0.4, 0.5) is 35.1 Å². The highest BCUT2D eigenvalue weighted by atomic mass is 19.4. The molecule has 2 rings (SSSR count). The summed E-state index contributed by atoms with van der Waals surface area (Å²) in [4.78, 5) is 0. The lowest BCUT2D eigenvalue weighted by Gasteiger charge is -2.35. The molecule has 2 aliphatic heterocycles. The van der Waals surface area contributed by atoms with Gasteiger partial charge < -0.3 is 9.47 Å². The minimum Gasteiger partial charge on any atom is -0.363 e. The largest absolute Gasteiger partial charge is 0.381 e. The molecule has 0 aromatic carbocycles. The molecule has 0 saturated carbocycles. The first-order valence-corrected chi connectivity index (χ1v) is 5.60. The number of epoxide rings is 2. The zero-order valence-corrected chi connectivity index (χ0v) is 10.1. The maximum atomic E-state index is 13.3. The Kier molecular flexibility index (Phi) is 3.12. The fourth-order valence-electron chi connectivity index (χ4n) is 1.91. The molecule has 2 aliphatic rings. The van der Waals surface area contributed by atoms with E-state index in [1.54, 1.807) is 0 Å². The molecule has 2 saturated heterocycles. The van der Waals surface area contributed by atoms with Crippen LogP contribution in [-0.4, -0.2) is 48.1 Å². The minimum absolute atomic E-state index is 0.941. The van der Waals surface area contributed by atoms with Gasteiger partial charge in [-0.05, 0) is 13.8 Å². The number of halogens is 8. The summed E-state index contributed by atoms with van der Waals surface area (Å²) in [5.74, 6) is -23.4. The Balaban J connectivity index is 2.31. The molecular formula is C10H10F8O2. The van der Waals surface area contributed by atoms with Crippen LogP contribution >= 0.6 is 0 Å². The molecule has 0 N–H and O–H groups in total. The van der Waals surface area contributed by atoms with Crippen molar-refractivity contribution in [3.8, 4) is 0 Å². The summed E-state index contributed by atoms with van der Waals surface area (Å²) in [7, 11) is 0. The highest BCUT2D eigenvalue weighted by Gasteiger charge is 2.87. The second-order valence-corrected chi connectivity index (χ2v) is 4.92. The summed E-state index contributed by atoms with van der Waals surface area (Å²) >= 11 is 0. The van der Waals surface area contributed by atoms with Gasteiger partial charge in [-0.25, -0.2) is 0 Å². The van der Waals surface area contributed by atoms with Gasteiger partial charge >= 0.3 is 23.7 Å². The quantitative estimate of drug-likeness (QED) is 0.575. The Hall–Kier alpha value is -0.640. The van der Waals surface area contributed by atoms with E-state index in [0.717, 1.165) is 13.8 Å². The van der Waals surface area contributed by atoms with Crippen LogP contribution in [0.1, 0.15) is 13.8 Å². The van der Waals surface area contributed by atoms with Crippen LogP contribution in [0, 0.1) is 0 Å². The van der Waals surface area contributed by atoms with E-state index in [0.29, 0.717) is 0 Å². The van der Waals surface area contributed by atoms with Gasteiger partial charge in [0.2, 0.25) is 0 Å². The van der Waals surface area contributed by atoms with Crippen LogP contribution in [0.3, 0.4) is 0 Å². The second-order valence-electron chi connectivity index (χ2n) is 4.92. The predicted octanol–water partition coefficient (Wildman–Crippen LogP) is 3.10. The normalized spacial score (nSPS) is 35.1. The van der Waals surface area contributed by atoms with Gasteiger partial charge in [0.25, 0.3) is 0 Å². The fraction of sp³-hybridized carbons (Fsp3) is 1.00. The van der Waals surface area contributed by atoms with Crippen molar-refractivity contribution in [3.63, 3.8) is 0 Å². The van der Waals surface area contributed by atoms with Crippen LogP contribution in [0.15, 0.2) is 0 Å². The van der Waals surface area contributed by atoms with Gasteiger partial charge in [-0.2, -0.15) is 35.1 Å². The summed E-state index contributed by atoms with van der Waals surface area (Å²) in [6, 6.07) is 0. The molecule has 10 heteroatoms. The van der Waals surface area contributed by atoms with Crippen LogP contribution in [0.5, 0.6) is 0 Å². The van der Waals surface area contributed by atoms with E-state index >= 15 is 0 Å². The SMILES string of the molecule is C[C@@H]1O[C@@H]1C(F)(F)C(F)(F)C(F)(F)C(F)(F)[C@H]1O[C@@H]1C. The maximum Gasteiger partial charge on any atom is 0.381 e. The highest BCUT2D eigenvalue weighted by molar-refractivity contribution is 5.14. The molecule has 0 radical (unpaired) electrons. The van der Waals surface area contributed by atoms with Crippen LogP contribution in [-0.2, 0) is 9.47 Å². The monoisotopic (exact) mass is 314 g/mol. The van der Waals surface area contributed by atoms with Gasteiger partial charge in [-0.1, -0.05) is 0 Å². The van der Waals surface area contributed by atoms with E-state index < -0.39 is 48.1 Å². The number of rotatable bonds is 5. The van der Waals surface area contributed by atoms with Crippen LogP contribution in [0.25, 0.3) is 0 Å². The smallest absolute Gasteiger partial charge is 0.363 e. The minimum atomic E-state index is -6.27. The molecule has 0 amide bonds. The average Bonchev–Trinajstić information content (AvgIpc) is 3.16. The first-order valence-electron chi connectivity index (χ1n) is 5.60. The molecule has 0 unspecified atom stereocenters. The van der Waals surface area contributed by atoms with Crippen molar-refractivity contribution in [1.29, 1.82) is 0 Å². The second kappa shape index (κ2) is 3.96. The zero-order valence-electron chi connectivity index (χ0n) is 10.1. The van der Waals surface area contributed by atoms with Crippen molar-refractivity contribution in [2.24, 2.45) is 0 Å². The maximum absolute atomic E-state index is 13.3. The Bertz CT molecular complexity index is 372. The molecule has 0 aromatic rings. The summed E-state index contributed by atoms with van der Waals surface area (Å²) in [6.07, 6.45) is -7.85. The standard InChI is InChI=1S/C10H10F8O2/c1-3-5(19-3)7(11,12)9(15,16)10(17,18)8(13,14)6-4(2)20-6/h3-6H,1-2H3/t3-,4+,5-,6-/m0/s1. The van der Waals surface area contributed by atoms with Crippen molar-refractivity contribution in [2.75, 3.05) is 0 Å². The first-order chi connectivity index (χ1) is 8.78. The summed E-state index contributed by atoms with van der Waals surface area (Å²) in [5, 5.41) is 0. The molecule has 20 heavy (non-hydrogen) atoms. The molecule has 118 valence electrons. The van der Waals surface area contributed by atoms with Gasteiger partial charge in [0, 0.05) is 0 Å².